The van der Waals surface area contributed by atoms with E-state index in [0.717, 1.165) is 0 Å². The number of imidazole rings is 1. The summed E-state index contributed by atoms with van der Waals surface area (Å²) in [6.07, 6.45) is -1.04. The van der Waals surface area contributed by atoms with Gasteiger partial charge in [-0.25, -0.2) is 10.2 Å². The Morgan fingerprint density at radius 1 is 1.33 bits per heavy atom. The fourth-order valence-corrected chi connectivity index (χ4v) is 3.09. The molecule has 0 aliphatic heterocycles. The fourth-order valence-electron chi connectivity index (χ4n) is 3.09. The first kappa shape index (κ1) is 23.8. The Bertz CT molecular complexity index is 1300. The third kappa shape index (κ3) is 5.32. The maximum atomic E-state index is 12.5. The third-order valence-corrected chi connectivity index (χ3v) is 4.84. The van der Waals surface area contributed by atoms with Gasteiger partial charge >= 0.3 is 5.69 Å². The van der Waals surface area contributed by atoms with Crippen LogP contribution in [0, 0.1) is 10.1 Å². The highest BCUT2D eigenvalue weighted by Gasteiger charge is 2.20. The van der Waals surface area contributed by atoms with Crippen LogP contribution in [0.2, 0.25) is 0 Å². The third-order valence-electron chi connectivity index (χ3n) is 4.84. The minimum Gasteiger partial charge on any atom is -0.389 e. The molecule has 1 atom stereocenters. The van der Waals surface area contributed by atoms with Crippen LogP contribution in [-0.2, 0) is 18.3 Å². The van der Waals surface area contributed by atoms with Crippen molar-refractivity contribution in [2.24, 2.45) is 12.1 Å². The Kier molecular flexibility index (Phi) is 7.04. The van der Waals surface area contributed by atoms with Crippen molar-refractivity contribution < 1.29 is 14.8 Å². The Hall–Kier alpha value is -3.84. The van der Waals surface area contributed by atoms with Crippen LogP contribution in [-0.4, -0.2) is 53.7 Å². The van der Waals surface area contributed by atoms with E-state index in [0.29, 0.717) is 11.3 Å². The predicted octanol–water partition coefficient (Wildman–Crippen LogP) is 0.954. The van der Waals surface area contributed by atoms with Crippen LogP contribution in [0.25, 0.3) is 11.2 Å². The van der Waals surface area contributed by atoms with Crippen LogP contribution in [0.4, 0.5) is 11.6 Å². The number of anilines is 1. The van der Waals surface area contributed by atoms with Crippen molar-refractivity contribution in [2.75, 3.05) is 12.0 Å². The van der Waals surface area contributed by atoms with E-state index >= 15 is 0 Å². The van der Waals surface area contributed by atoms with Gasteiger partial charge in [-0.1, -0.05) is 0 Å². The molecule has 3 rings (SSSR count). The summed E-state index contributed by atoms with van der Waals surface area (Å²) < 4.78 is 8.05. The number of nitro benzene ring substituents is 1. The summed E-state index contributed by atoms with van der Waals surface area (Å²) >= 11 is 0. The van der Waals surface area contributed by atoms with E-state index in [-0.39, 0.29) is 42.1 Å². The van der Waals surface area contributed by atoms with Gasteiger partial charge in [0.2, 0.25) is 5.95 Å². The number of hydrogen-bond donors (Lipinski definition) is 3. The first-order valence-corrected chi connectivity index (χ1v) is 10.1. The zero-order chi connectivity index (χ0) is 24.3. The molecule has 2 aromatic heterocycles. The van der Waals surface area contributed by atoms with Crippen molar-refractivity contribution in [2.45, 2.75) is 39.5 Å². The highest BCUT2D eigenvalue weighted by Crippen LogP contribution is 2.17. The average Bonchev–Trinajstić information content (AvgIpc) is 3.13. The number of hydrazone groups is 1. The first-order valence-electron chi connectivity index (χ1n) is 10.1. The van der Waals surface area contributed by atoms with E-state index in [4.69, 9.17) is 4.74 Å². The van der Waals surface area contributed by atoms with E-state index < -0.39 is 22.3 Å². The summed E-state index contributed by atoms with van der Waals surface area (Å²) in [5.74, 6) is 0.126. The lowest BCUT2D eigenvalue weighted by Crippen LogP contribution is -2.30. The molecular formula is C20H25N7O6. The zero-order valence-electron chi connectivity index (χ0n) is 18.6. The summed E-state index contributed by atoms with van der Waals surface area (Å²) in [6.45, 7) is 5.35. The van der Waals surface area contributed by atoms with Gasteiger partial charge < -0.3 is 14.4 Å². The number of hydrogen-bond acceptors (Lipinski definition) is 9. The van der Waals surface area contributed by atoms with Crippen molar-refractivity contribution in [1.29, 1.82) is 0 Å². The number of aryl methyl sites for hydroxylation is 1. The van der Waals surface area contributed by atoms with Gasteiger partial charge in [0.25, 0.3) is 11.2 Å². The molecular weight excluding hydrogens is 434 g/mol. The van der Waals surface area contributed by atoms with Crippen LogP contribution >= 0.6 is 0 Å². The van der Waals surface area contributed by atoms with Gasteiger partial charge in [-0.2, -0.15) is 10.1 Å². The van der Waals surface area contributed by atoms with Crippen LogP contribution in [0.3, 0.4) is 0 Å². The highest BCUT2D eigenvalue weighted by atomic mass is 16.6. The molecule has 1 unspecified atom stereocenters. The van der Waals surface area contributed by atoms with Crippen LogP contribution in [0.15, 0.2) is 39.0 Å². The first-order chi connectivity index (χ1) is 15.6. The summed E-state index contributed by atoms with van der Waals surface area (Å²) in [7, 11) is 1.46. The predicted molar refractivity (Wildman–Crippen MR) is 122 cm³/mol. The van der Waals surface area contributed by atoms with E-state index in [2.05, 4.69) is 20.5 Å². The Labute approximate surface area is 187 Å². The summed E-state index contributed by atoms with van der Waals surface area (Å²) in [6, 6.07) is 5.85. The van der Waals surface area contributed by atoms with Crippen molar-refractivity contribution in [3.8, 4) is 0 Å². The Balaban J connectivity index is 1.98. The van der Waals surface area contributed by atoms with Crippen molar-refractivity contribution >= 4 is 28.5 Å². The number of aliphatic hydroxyl groups excluding tert-OH is 1. The SMILES string of the molecule is CC(=NNc1nc2c(c(=O)[nH]c(=O)n2C)n1CC(O)COC(C)C)c1ccc([N+](=O)[O-])cc1. The normalized spacial score (nSPS) is 13.0. The molecule has 13 heteroatoms. The number of fused-ring (bicyclic) bond motifs is 1. The van der Waals surface area contributed by atoms with Gasteiger partial charge in [0.15, 0.2) is 11.2 Å². The molecule has 0 aliphatic rings. The fraction of sp³-hybridized carbons (Fsp3) is 0.400. The zero-order valence-corrected chi connectivity index (χ0v) is 18.6. The molecule has 2 heterocycles. The maximum Gasteiger partial charge on any atom is 0.329 e. The number of nitro groups is 1. The summed E-state index contributed by atoms with van der Waals surface area (Å²) in [5.41, 5.74) is 2.78. The molecule has 33 heavy (non-hydrogen) atoms. The number of H-pyrrole nitrogens is 1. The second kappa shape index (κ2) is 9.75. The van der Waals surface area contributed by atoms with Gasteiger partial charge in [-0.05, 0) is 38.5 Å². The standard InChI is InChI=1S/C20H25N7O6/c1-11(2)33-10-15(28)9-26-16-17(25(4)20(30)22-18(16)29)21-19(26)24-23-12(3)13-5-7-14(8-6-13)27(31)32/h5-8,11,15,28H,9-10H2,1-4H3,(H,21,24)(H,22,29,30). The number of aliphatic hydroxyl groups is 1. The van der Waals surface area contributed by atoms with Gasteiger partial charge in [0.05, 0.1) is 36.0 Å². The van der Waals surface area contributed by atoms with Crippen molar-refractivity contribution in [1.82, 2.24) is 19.1 Å². The number of nitrogens with zero attached hydrogens (tertiary/aromatic N) is 5. The van der Waals surface area contributed by atoms with Crippen LogP contribution < -0.4 is 16.7 Å². The molecule has 0 bridgehead atoms. The van der Waals surface area contributed by atoms with E-state index in [1.807, 2.05) is 13.8 Å². The Morgan fingerprint density at radius 3 is 2.61 bits per heavy atom. The van der Waals surface area contributed by atoms with Crippen molar-refractivity contribution in [3.63, 3.8) is 0 Å². The van der Waals surface area contributed by atoms with Crippen LogP contribution in [0.5, 0.6) is 0 Å². The molecule has 176 valence electrons. The Morgan fingerprint density at radius 2 is 2.00 bits per heavy atom. The number of aromatic nitrogens is 4. The lowest BCUT2D eigenvalue weighted by Gasteiger charge is -2.16. The van der Waals surface area contributed by atoms with Gasteiger partial charge in [-0.3, -0.25) is 24.5 Å². The highest BCUT2D eigenvalue weighted by molar-refractivity contribution is 5.99. The van der Waals surface area contributed by atoms with E-state index in [9.17, 15) is 24.8 Å². The number of aromatic amines is 1. The summed E-state index contributed by atoms with van der Waals surface area (Å²) in [5, 5.41) is 25.5. The van der Waals surface area contributed by atoms with Gasteiger partial charge in [0, 0.05) is 19.2 Å². The number of ether oxygens (including phenoxy) is 1. The second-order valence-electron chi connectivity index (χ2n) is 7.69. The molecule has 3 aromatic rings. The largest absolute Gasteiger partial charge is 0.389 e. The molecule has 0 spiro atoms. The summed E-state index contributed by atoms with van der Waals surface area (Å²) in [4.78, 5) is 41.4. The number of benzene rings is 1. The molecule has 0 saturated heterocycles. The molecule has 0 fully saturated rings. The lowest BCUT2D eigenvalue weighted by molar-refractivity contribution is -0.384. The monoisotopic (exact) mass is 459 g/mol. The number of rotatable bonds is 9. The molecule has 3 N–H and O–H groups in total. The minimum absolute atomic E-state index is 0.0333. The maximum absolute atomic E-state index is 12.5. The van der Waals surface area contributed by atoms with E-state index in [1.165, 1.54) is 28.3 Å². The molecule has 0 radical (unpaired) electrons. The number of non-ortho nitro benzene ring substituents is 1. The van der Waals surface area contributed by atoms with Gasteiger partial charge in [0.1, 0.15) is 0 Å². The lowest BCUT2D eigenvalue weighted by atomic mass is 10.1. The second-order valence-corrected chi connectivity index (χ2v) is 7.69. The molecule has 0 aliphatic carbocycles. The van der Waals surface area contributed by atoms with E-state index in [1.54, 1.807) is 19.1 Å². The average molecular weight is 459 g/mol. The van der Waals surface area contributed by atoms with Crippen molar-refractivity contribution in [3.05, 3.63) is 60.8 Å². The molecule has 0 saturated carbocycles. The molecule has 13 nitrogen and oxygen atoms in total. The smallest absolute Gasteiger partial charge is 0.329 e. The quantitative estimate of drug-likeness (QED) is 0.241. The topological polar surface area (TPSA) is 170 Å². The minimum atomic E-state index is -0.957. The molecule has 0 amide bonds. The number of nitrogens with one attached hydrogen (secondary N) is 2. The van der Waals surface area contributed by atoms with Gasteiger partial charge in [-0.15, -0.1) is 0 Å². The molecule has 1 aromatic carbocycles. The van der Waals surface area contributed by atoms with Crippen LogP contribution in [0.1, 0.15) is 26.3 Å².